The van der Waals surface area contributed by atoms with Crippen LogP contribution in [0.5, 0.6) is 0 Å². The van der Waals surface area contributed by atoms with Crippen molar-refractivity contribution < 1.29 is 13.3 Å². The van der Waals surface area contributed by atoms with Gasteiger partial charge in [0, 0.05) is 23.7 Å². The van der Waals surface area contributed by atoms with Gasteiger partial charge in [0.15, 0.2) is 4.90 Å². The van der Waals surface area contributed by atoms with Crippen LogP contribution >= 0.6 is 0 Å². The van der Waals surface area contributed by atoms with E-state index in [1.807, 2.05) is 0 Å². The summed E-state index contributed by atoms with van der Waals surface area (Å²) in [5.74, 6) is 0. The highest BCUT2D eigenvalue weighted by Crippen LogP contribution is 2.32. The van der Waals surface area contributed by atoms with Crippen LogP contribution < -0.4 is 10.0 Å². The van der Waals surface area contributed by atoms with Gasteiger partial charge < -0.3 is 5.32 Å². The monoisotopic (exact) mass is 339 g/mol. The van der Waals surface area contributed by atoms with Crippen molar-refractivity contribution in [1.29, 1.82) is 0 Å². The number of hydrogen-bond acceptors (Lipinski definition) is 5. The highest BCUT2D eigenvalue weighted by Gasteiger charge is 2.37. The molecule has 2 heterocycles. The maximum atomic E-state index is 12.8. The predicted molar refractivity (Wildman–Crippen MR) is 85.9 cm³/mol. The van der Waals surface area contributed by atoms with Gasteiger partial charge in [-0.2, -0.15) is 0 Å². The summed E-state index contributed by atoms with van der Waals surface area (Å²) >= 11 is 0. The molecule has 0 amide bonds. The highest BCUT2D eigenvalue weighted by atomic mass is 32.2. The van der Waals surface area contributed by atoms with Crippen LogP contribution in [0.2, 0.25) is 0 Å². The molecule has 2 N–H and O–H groups in total. The third kappa shape index (κ3) is 3.11. The Balaban J connectivity index is 1.94. The van der Waals surface area contributed by atoms with E-state index in [1.54, 1.807) is 26.0 Å². The van der Waals surface area contributed by atoms with Crippen molar-refractivity contribution in [3.8, 4) is 0 Å². The molecule has 2 aliphatic heterocycles. The lowest BCUT2D eigenvalue weighted by atomic mass is 10.0. The fourth-order valence-electron chi connectivity index (χ4n) is 3.77. The zero-order valence-corrected chi connectivity index (χ0v) is 14.0. The summed E-state index contributed by atoms with van der Waals surface area (Å²) in [6, 6.07) is 3.71. The Morgan fingerprint density at radius 2 is 1.74 bits per heavy atom. The SMILES string of the molecule is Cc1ccc(C)c(S(=O)(=O)NC2CC3CCC(C2)N3)c1[N+](=O)[O-]. The minimum Gasteiger partial charge on any atom is -0.311 e. The molecule has 2 fully saturated rings. The first-order valence-electron chi connectivity index (χ1n) is 7.81. The van der Waals surface area contributed by atoms with Crippen LogP contribution in [0.3, 0.4) is 0 Å². The Hall–Kier alpha value is -1.51. The van der Waals surface area contributed by atoms with Gasteiger partial charge in [0.2, 0.25) is 10.0 Å². The maximum Gasteiger partial charge on any atom is 0.292 e. The van der Waals surface area contributed by atoms with E-state index in [0.717, 1.165) is 25.7 Å². The Morgan fingerprint density at radius 3 is 2.30 bits per heavy atom. The van der Waals surface area contributed by atoms with Crippen molar-refractivity contribution in [2.75, 3.05) is 0 Å². The van der Waals surface area contributed by atoms with Gasteiger partial charge in [0.25, 0.3) is 5.69 Å². The molecule has 2 aliphatic rings. The van der Waals surface area contributed by atoms with Crippen LogP contribution in [-0.2, 0) is 10.0 Å². The number of aryl methyl sites for hydroxylation is 2. The van der Waals surface area contributed by atoms with Crippen molar-refractivity contribution in [2.24, 2.45) is 0 Å². The molecule has 2 bridgehead atoms. The number of nitrogens with one attached hydrogen (secondary N) is 2. The van der Waals surface area contributed by atoms with Crippen LogP contribution in [0.1, 0.15) is 36.8 Å². The van der Waals surface area contributed by atoms with Crippen molar-refractivity contribution in [2.45, 2.75) is 62.6 Å². The quantitative estimate of drug-likeness (QED) is 0.643. The number of nitro benzene ring substituents is 1. The number of sulfonamides is 1. The molecule has 1 aromatic carbocycles. The summed E-state index contributed by atoms with van der Waals surface area (Å²) in [6.45, 7) is 3.15. The molecule has 0 saturated carbocycles. The molecular formula is C15H21N3O4S. The zero-order chi connectivity index (χ0) is 16.8. The van der Waals surface area contributed by atoms with Crippen molar-refractivity contribution >= 4 is 15.7 Å². The van der Waals surface area contributed by atoms with E-state index in [4.69, 9.17) is 0 Å². The number of piperidine rings is 1. The topological polar surface area (TPSA) is 101 Å². The lowest BCUT2D eigenvalue weighted by molar-refractivity contribution is -0.388. The number of hydrogen-bond donors (Lipinski definition) is 2. The van der Waals surface area contributed by atoms with E-state index in [9.17, 15) is 18.5 Å². The molecule has 0 aromatic heterocycles. The van der Waals surface area contributed by atoms with Crippen LogP contribution in [0.25, 0.3) is 0 Å². The summed E-state index contributed by atoms with van der Waals surface area (Å²) in [6.07, 6.45) is 3.59. The number of nitrogens with zero attached hydrogens (tertiary/aromatic N) is 1. The third-order valence-electron chi connectivity index (χ3n) is 4.78. The minimum atomic E-state index is -3.93. The molecule has 0 spiro atoms. The summed E-state index contributed by atoms with van der Waals surface area (Å²) < 4.78 is 28.3. The second-order valence-corrected chi connectivity index (χ2v) is 8.21. The highest BCUT2D eigenvalue weighted by molar-refractivity contribution is 7.89. The van der Waals surface area contributed by atoms with Crippen LogP contribution in [0.4, 0.5) is 5.69 Å². The third-order valence-corrected chi connectivity index (χ3v) is 6.47. The molecule has 7 nitrogen and oxygen atoms in total. The summed E-state index contributed by atoms with van der Waals surface area (Å²) in [7, 11) is -3.93. The van der Waals surface area contributed by atoms with Gasteiger partial charge in [-0.1, -0.05) is 12.1 Å². The summed E-state index contributed by atoms with van der Waals surface area (Å²) in [4.78, 5) is 10.5. The van der Waals surface area contributed by atoms with Gasteiger partial charge >= 0.3 is 0 Å². The van der Waals surface area contributed by atoms with E-state index in [-0.39, 0.29) is 16.6 Å². The molecular weight excluding hydrogens is 318 g/mol. The molecule has 0 aliphatic carbocycles. The average molecular weight is 339 g/mol. The van der Waals surface area contributed by atoms with Gasteiger partial charge in [-0.15, -0.1) is 0 Å². The number of benzene rings is 1. The molecule has 23 heavy (non-hydrogen) atoms. The first kappa shape index (κ1) is 16.4. The van der Waals surface area contributed by atoms with E-state index in [0.29, 0.717) is 23.2 Å². The predicted octanol–water partition coefficient (Wildman–Crippen LogP) is 1.77. The van der Waals surface area contributed by atoms with Crippen LogP contribution in [0, 0.1) is 24.0 Å². The van der Waals surface area contributed by atoms with Gasteiger partial charge in [-0.3, -0.25) is 10.1 Å². The first-order chi connectivity index (χ1) is 10.8. The largest absolute Gasteiger partial charge is 0.311 e. The van der Waals surface area contributed by atoms with Crippen molar-refractivity contribution in [3.05, 3.63) is 33.4 Å². The van der Waals surface area contributed by atoms with Crippen LogP contribution in [-0.4, -0.2) is 31.5 Å². The van der Waals surface area contributed by atoms with Gasteiger partial charge in [0.05, 0.1) is 4.92 Å². The Morgan fingerprint density at radius 1 is 1.17 bits per heavy atom. The maximum absolute atomic E-state index is 12.8. The Bertz CT molecular complexity index is 735. The van der Waals surface area contributed by atoms with E-state index >= 15 is 0 Å². The molecule has 2 atom stereocenters. The number of fused-ring (bicyclic) bond motifs is 2. The average Bonchev–Trinajstić information content (AvgIpc) is 2.79. The molecule has 0 radical (unpaired) electrons. The minimum absolute atomic E-state index is 0.168. The van der Waals surface area contributed by atoms with Crippen molar-refractivity contribution in [3.63, 3.8) is 0 Å². The molecule has 2 saturated heterocycles. The first-order valence-corrected chi connectivity index (χ1v) is 9.29. The fraction of sp³-hybridized carbons (Fsp3) is 0.600. The molecule has 2 unspecified atom stereocenters. The number of rotatable bonds is 4. The second-order valence-electron chi connectivity index (χ2n) is 6.56. The summed E-state index contributed by atoms with van der Waals surface area (Å²) in [5.41, 5.74) is 0.424. The number of nitro groups is 1. The smallest absolute Gasteiger partial charge is 0.292 e. The van der Waals surface area contributed by atoms with E-state index in [1.165, 1.54) is 0 Å². The van der Waals surface area contributed by atoms with E-state index in [2.05, 4.69) is 10.0 Å². The van der Waals surface area contributed by atoms with Crippen LogP contribution in [0.15, 0.2) is 17.0 Å². The Kier molecular flexibility index (Phi) is 4.16. The molecule has 8 heteroatoms. The second kappa shape index (κ2) is 5.85. The van der Waals surface area contributed by atoms with Gasteiger partial charge in [-0.25, -0.2) is 13.1 Å². The molecule has 3 rings (SSSR count). The standard InChI is InChI=1S/C15H21N3O4S/c1-9-3-4-10(2)15(14(9)18(19)20)23(21,22)17-13-7-11-5-6-12(8-13)16-11/h3-4,11-13,16-17H,5-8H2,1-2H3. The van der Waals surface area contributed by atoms with Gasteiger partial charge in [0.1, 0.15) is 0 Å². The zero-order valence-electron chi connectivity index (χ0n) is 13.2. The lowest BCUT2D eigenvalue weighted by Gasteiger charge is -2.29. The van der Waals surface area contributed by atoms with Crippen molar-refractivity contribution in [1.82, 2.24) is 10.0 Å². The fourth-order valence-corrected chi connectivity index (χ4v) is 5.50. The lowest BCUT2D eigenvalue weighted by Crippen LogP contribution is -2.48. The molecule has 126 valence electrons. The Labute approximate surface area is 135 Å². The van der Waals surface area contributed by atoms with E-state index < -0.39 is 14.9 Å². The molecule has 1 aromatic rings. The van der Waals surface area contributed by atoms with Gasteiger partial charge in [-0.05, 0) is 45.1 Å². The normalized spacial score (nSPS) is 27.1. The summed E-state index contributed by atoms with van der Waals surface area (Å²) in [5, 5.41) is 14.8.